The van der Waals surface area contributed by atoms with E-state index in [1.165, 1.54) is 41.3 Å². The second-order valence-corrected chi connectivity index (χ2v) is 8.75. The lowest BCUT2D eigenvalue weighted by Gasteiger charge is -2.28. The van der Waals surface area contributed by atoms with Crippen LogP contribution in [-0.4, -0.2) is 64.8 Å². The fourth-order valence-electron chi connectivity index (χ4n) is 3.41. The highest BCUT2D eigenvalue weighted by molar-refractivity contribution is 8.18. The minimum absolute atomic E-state index is 0.00274. The van der Waals surface area contributed by atoms with E-state index in [2.05, 4.69) is 10.2 Å². The summed E-state index contributed by atoms with van der Waals surface area (Å²) in [5.74, 6) is -1.27. The molecule has 0 aliphatic carbocycles. The summed E-state index contributed by atoms with van der Waals surface area (Å²) in [6.07, 6.45) is -3.24. The molecule has 4 rings (SSSR count). The van der Waals surface area contributed by atoms with E-state index in [0.29, 0.717) is 38.1 Å². The van der Waals surface area contributed by atoms with Gasteiger partial charge in [0.1, 0.15) is 12.3 Å². The van der Waals surface area contributed by atoms with Gasteiger partial charge in [0, 0.05) is 18.7 Å². The molecule has 2 heterocycles. The highest BCUT2D eigenvalue weighted by Gasteiger charge is 2.37. The molecule has 1 N–H and O–H groups in total. The van der Waals surface area contributed by atoms with Crippen LogP contribution >= 0.6 is 11.8 Å². The number of ether oxygens (including phenoxy) is 1. The summed E-state index contributed by atoms with van der Waals surface area (Å²) >= 11 is 0.625. The van der Waals surface area contributed by atoms with Crippen molar-refractivity contribution >= 4 is 46.3 Å². The number of alkyl halides is 3. The van der Waals surface area contributed by atoms with E-state index >= 15 is 0 Å². The number of carbonyl (C=O) groups is 3. The van der Waals surface area contributed by atoms with Crippen molar-refractivity contribution in [3.63, 3.8) is 0 Å². The lowest BCUT2D eigenvalue weighted by atomic mass is 10.1. The van der Waals surface area contributed by atoms with Crippen LogP contribution in [0.2, 0.25) is 0 Å². The molecule has 2 aliphatic rings. The minimum Gasteiger partial charge on any atom is -0.507 e. The van der Waals surface area contributed by atoms with Crippen molar-refractivity contribution in [1.82, 2.24) is 9.80 Å². The number of imide groups is 1. The molecule has 2 aromatic carbocycles. The molecule has 9 nitrogen and oxygen atoms in total. The Balaban J connectivity index is 1.50. The molecule has 0 radical (unpaired) electrons. The fraction of sp³-hybridized carbons (Fsp3) is 0.261. The van der Waals surface area contributed by atoms with Gasteiger partial charge in [-0.15, -0.1) is 0 Å². The molecular weight excluding hydrogens is 501 g/mol. The Hall–Kier alpha value is -3.71. The Bertz CT molecular complexity index is 1260. The van der Waals surface area contributed by atoms with Crippen molar-refractivity contribution < 1.29 is 37.4 Å². The number of phenols is 1. The third kappa shape index (κ3) is 5.91. The highest BCUT2D eigenvalue weighted by Crippen LogP contribution is 2.35. The van der Waals surface area contributed by atoms with Crippen molar-refractivity contribution in [3.8, 4) is 5.75 Å². The first-order chi connectivity index (χ1) is 17.1. The zero-order valence-electron chi connectivity index (χ0n) is 18.6. The van der Waals surface area contributed by atoms with Crippen molar-refractivity contribution in [1.29, 1.82) is 0 Å². The minimum atomic E-state index is -4.52. The Labute approximate surface area is 207 Å². The van der Waals surface area contributed by atoms with E-state index in [1.54, 1.807) is 0 Å². The maximum Gasteiger partial charge on any atom is 0.416 e. The largest absolute Gasteiger partial charge is 0.507 e. The number of carbonyl (C=O) groups excluding carboxylic acids is 3. The zero-order chi connectivity index (χ0) is 25.9. The molecule has 0 spiro atoms. The van der Waals surface area contributed by atoms with E-state index in [4.69, 9.17) is 4.74 Å². The first-order valence-corrected chi connectivity index (χ1v) is 11.5. The van der Waals surface area contributed by atoms with Crippen LogP contribution in [0.4, 0.5) is 29.3 Å². The predicted molar refractivity (Wildman–Crippen MR) is 124 cm³/mol. The van der Waals surface area contributed by atoms with Crippen LogP contribution in [0.3, 0.4) is 0 Å². The summed E-state index contributed by atoms with van der Waals surface area (Å²) in [7, 11) is 0. The quantitative estimate of drug-likeness (QED) is 0.451. The summed E-state index contributed by atoms with van der Waals surface area (Å²) in [6.45, 7) is 1.11. The van der Waals surface area contributed by atoms with Gasteiger partial charge in [-0.05, 0) is 54.2 Å². The number of halogens is 3. The van der Waals surface area contributed by atoms with Crippen LogP contribution < -0.4 is 0 Å². The Morgan fingerprint density at radius 3 is 2.47 bits per heavy atom. The zero-order valence-corrected chi connectivity index (χ0v) is 19.4. The first kappa shape index (κ1) is 25.4. The smallest absolute Gasteiger partial charge is 0.416 e. The third-order valence-corrected chi connectivity index (χ3v) is 6.19. The summed E-state index contributed by atoms with van der Waals surface area (Å²) in [5, 5.41) is 17.3. The van der Waals surface area contributed by atoms with Crippen molar-refractivity contribution in [2.75, 3.05) is 32.8 Å². The van der Waals surface area contributed by atoms with Gasteiger partial charge in [-0.25, -0.2) is 0 Å². The number of benzene rings is 2. The van der Waals surface area contributed by atoms with Crippen LogP contribution in [0, 0.1) is 0 Å². The first-order valence-electron chi connectivity index (χ1n) is 10.6. The van der Waals surface area contributed by atoms with Crippen molar-refractivity contribution in [2.24, 2.45) is 10.2 Å². The van der Waals surface area contributed by atoms with Crippen LogP contribution in [0.1, 0.15) is 11.1 Å². The van der Waals surface area contributed by atoms with Gasteiger partial charge >= 0.3 is 6.18 Å². The van der Waals surface area contributed by atoms with E-state index in [0.717, 1.165) is 17.0 Å². The van der Waals surface area contributed by atoms with Gasteiger partial charge in [-0.2, -0.15) is 23.4 Å². The number of azo groups is 1. The van der Waals surface area contributed by atoms with E-state index < -0.39 is 29.4 Å². The normalized spacial score (nSPS) is 18.0. The monoisotopic (exact) mass is 520 g/mol. The lowest BCUT2D eigenvalue weighted by molar-refractivity contribution is -0.139. The number of hydrogen-bond donors (Lipinski definition) is 1. The van der Waals surface area contributed by atoms with E-state index in [-0.39, 0.29) is 33.5 Å². The number of phenolic OH excluding ortho intramolecular Hbond substituents is 1. The summed E-state index contributed by atoms with van der Waals surface area (Å²) in [4.78, 5) is 39.9. The molecular formula is C23H19F3N4O5S. The molecule has 13 heteroatoms. The standard InChI is InChI=1S/C23H19F3N4O5S/c24-23(25,26)15-2-1-3-16(12-15)27-28-17-4-5-18(31)14(10-17)11-19-21(33)30(22(34)36-19)13-20(32)29-6-8-35-9-7-29/h1-5,10-12,31H,6-9,13H2/b19-11-,28-27?. The molecule has 0 saturated carbocycles. The fourth-order valence-corrected chi connectivity index (χ4v) is 4.23. The molecule has 2 saturated heterocycles. The van der Waals surface area contributed by atoms with Gasteiger partial charge in [0.25, 0.3) is 11.1 Å². The molecule has 3 amide bonds. The van der Waals surface area contributed by atoms with Crippen molar-refractivity contribution in [3.05, 3.63) is 58.5 Å². The van der Waals surface area contributed by atoms with Crippen LogP contribution in [0.5, 0.6) is 5.75 Å². The average molecular weight is 520 g/mol. The predicted octanol–water partition coefficient (Wildman–Crippen LogP) is 4.72. The van der Waals surface area contributed by atoms with Crippen LogP contribution in [0.25, 0.3) is 6.08 Å². The summed E-state index contributed by atoms with van der Waals surface area (Å²) < 4.78 is 43.8. The Morgan fingerprint density at radius 2 is 1.78 bits per heavy atom. The number of amides is 3. The second kappa shape index (κ2) is 10.5. The molecule has 2 aromatic rings. The molecule has 0 aromatic heterocycles. The second-order valence-electron chi connectivity index (χ2n) is 7.75. The Kier molecular flexibility index (Phi) is 7.40. The molecule has 0 bridgehead atoms. The highest BCUT2D eigenvalue weighted by atomic mass is 32.2. The molecule has 2 aliphatic heterocycles. The molecule has 188 valence electrons. The molecule has 36 heavy (non-hydrogen) atoms. The molecule has 0 unspecified atom stereocenters. The maximum absolute atomic E-state index is 12.9. The number of morpholine rings is 1. The molecule has 0 atom stereocenters. The Morgan fingerprint density at radius 1 is 1.08 bits per heavy atom. The number of aromatic hydroxyl groups is 1. The van der Waals surface area contributed by atoms with Gasteiger partial charge in [0.05, 0.1) is 35.1 Å². The number of nitrogens with zero attached hydrogens (tertiary/aromatic N) is 4. The maximum atomic E-state index is 12.9. The lowest BCUT2D eigenvalue weighted by Crippen LogP contribution is -2.46. The van der Waals surface area contributed by atoms with E-state index in [1.807, 2.05) is 0 Å². The van der Waals surface area contributed by atoms with Crippen LogP contribution in [0.15, 0.2) is 57.6 Å². The van der Waals surface area contributed by atoms with Gasteiger partial charge < -0.3 is 14.7 Å². The topological polar surface area (TPSA) is 112 Å². The van der Waals surface area contributed by atoms with Gasteiger partial charge in [0.2, 0.25) is 5.91 Å². The number of thioether (sulfide) groups is 1. The number of hydrogen-bond acceptors (Lipinski definition) is 8. The molecule has 2 fully saturated rings. The average Bonchev–Trinajstić information content (AvgIpc) is 3.12. The van der Waals surface area contributed by atoms with Gasteiger partial charge in [-0.3, -0.25) is 19.3 Å². The summed E-state index contributed by atoms with van der Waals surface area (Å²) in [6, 6.07) is 8.35. The SMILES string of the molecule is O=C(CN1C(=O)S/C(=C\c2cc(N=Nc3cccc(C(F)(F)F)c3)ccc2O)C1=O)N1CCOCC1. The summed E-state index contributed by atoms with van der Waals surface area (Å²) in [5.41, 5.74) is -0.558. The van der Waals surface area contributed by atoms with Gasteiger partial charge in [-0.1, -0.05) is 6.07 Å². The van der Waals surface area contributed by atoms with Crippen molar-refractivity contribution in [2.45, 2.75) is 6.18 Å². The van der Waals surface area contributed by atoms with Crippen LogP contribution in [-0.2, 0) is 20.5 Å². The third-order valence-electron chi connectivity index (χ3n) is 5.28. The van der Waals surface area contributed by atoms with E-state index in [9.17, 15) is 32.7 Å². The number of rotatable bonds is 5. The van der Waals surface area contributed by atoms with Gasteiger partial charge in [0.15, 0.2) is 0 Å².